The molecule has 1 aromatic carbocycles. The summed E-state index contributed by atoms with van der Waals surface area (Å²) < 4.78 is 18.2. The lowest BCUT2D eigenvalue weighted by Crippen LogP contribution is -1.96. The maximum atomic E-state index is 13.0. The Bertz CT molecular complexity index is 478. The maximum absolute atomic E-state index is 13.0. The Morgan fingerprint density at radius 2 is 2.19 bits per heavy atom. The van der Waals surface area contributed by atoms with Crippen molar-refractivity contribution in [1.29, 1.82) is 0 Å². The van der Waals surface area contributed by atoms with Crippen molar-refractivity contribution >= 4 is 11.6 Å². The summed E-state index contributed by atoms with van der Waals surface area (Å²) in [7, 11) is 0. The van der Waals surface area contributed by atoms with Gasteiger partial charge in [0, 0.05) is 5.56 Å². The van der Waals surface area contributed by atoms with Gasteiger partial charge in [0.05, 0.1) is 11.6 Å². The number of hydrogen-bond acceptors (Lipinski definition) is 1. The lowest BCUT2D eigenvalue weighted by molar-refractivity contribution is 0.529. The summed E-state index contributed by atoms with van der Waals surface area (Å²) in [6.07, 6.45) is 2.21. The van der Waals surface area contributed by atoms with Crippen molar-refractivity contribution < 1.29 is 8.81 Å². The van der Waals surface area contributed by atoms with Gasteiger partial charge in [-0.2, -0.15) is 0 Å². The third kappa shape index (κ3) is 2.45. The van der Waals surface area contributed by atoms with Gasteiger partial charge in [0.1, 0.15) is 11.6 Å². The van der Waals surface area contributed by atoms with Gasteiger partial charge in [-0.3, -0.25) is 0 Å². The van der Waals surface area contributed by atoms with E-state index in [9.17, 15) is 4.39 Å². The molecule has 3 heteroatoms. The quantitative estimate of drug-likeness (QED) is 0.729. The van der Waals surface area contributed by atoms with Crippen LogP contribution in [0.3, 0.4) is 0 Å². The number of hydrogen-bond donors (Lipinski definition) is 0. The van der Waals surface area contributed by atoms with Crippen molar-refractivity contribution in [3.8, 4) is 0 Å². The van der Waals surface area contributed by atoms with Gasteiger partial charge in [-0.25, -0.2) is 4.39 Å². The predicted octanol–water partition coefficient (Wildman–Crippen LogP) is 4.25. The summed E-state index contributed by atoms with van der Waals surface area (Å²) in [5.74, 6) is 0.585. The van der Waals surface area contributed by atoms with Crippen molar-refractivity contribution in [3.05, 3.63) is 59.3 Å². The second-order valence-corrected chi connectivity index (χ2v) is 4.26. The molecular weight excluding hydrogens is 227 g/mol. The fourth-order valence-corrected chi connectivity index (χ4v) is 2.11. The molecule has 2 aromatic rings. The molecule has 84 valence electrons. The van der Waals surface area contributed by atoms with E-state index in [-0.39, 0.29) is 11.2 Å². The van der Waals surface area contributed by atoms with E-state index in [1.807, 2.05) is 19.1 Å². The minimum absolute atomic E-state index is 0.180. The van der Waals surface area contributed by atoms with Crippen LogP contribution in [0.2, 0.25) is 0 Å². The molecule has 0 radical (unpaired) electrons. The minimum Gasteiger partial charge on any atom is -0.469 e. The van der Waals surface area contributed by atoms with Crippen LogP contribution in [0.5, 0.6) is 0 Å². The Balaban J connectivity index is 2.14. The molecule has 1 unspecified atom stereocenters. The van der Waals surface area contributed by atoms with E-state index in [1.165, 1.54) is 12.1 Å². The zero-order valence-corrected chi connectivity index (χ0v) is 9.67. The van der Waals surface area contributed by atoms with Gasteiger partial charge in [-0.15, -0.1) is 11.6 Å². The van der Waals surface area contributed by atoms with Crippen LogP contribution in [0.15, 0.2) is 41.0 Å². The zero-order chi connectivity index (χ0) is 11.5. The molecule has 2 rings (SSSR count). The van der Waals surface area contributed by atoms with Crippen LogP contribution >= 0.6 is 11.6 Å². The topological polar surface area (TPSA) is 13.1 Å². The third-order valence-corrected chi connectivity index (χ3v) is 2.93. The van der Waals surface area contributed by atoms with Crippen molar-refractivity contribution in [2.24, 2.45) is 0 Å². The Hall–Kier alpha value is -1.28. The number of halogens is 2. The average molecular weight is 239 g/mol. The van der Waals surface area contributed by atoms with Gasteiger partial charge in [0.2, 0.25) is 0 Å². The molecule has 1 aromatic heterocycles. The first-order chi connectivity index (χ1) is 7.66. The molecule has 0 bridgehead atoms. The summed E-state index contributed by atoms with van der Waals surface area (Å²) in [5, 5.41) is -0.180. The number of rotatable bonds is 3. The Morgan fingerprint density at radius 3 is 2.81 bits per heavy atom. The lowest BCUT2D eigenvalue weighted by atomic mass is 10.0. The summed E-state index contributed by atoms with van der Waals surface area (Å²) in [4.78, 5) is 0. The molecule has 0 saturated carbocycles. The van der Waals surface area contributed by atoms with E-state index in [1.54, 1.807) is 12.3 Å². The van der Waals surface area contributed by atoms with E-state index >= 15 is 0 Å². The van der Waals surface area contributed by atoms with Crippen LogP contribution in [0.1, 0.15) is 22.3 Å². The third-order valence-electron chi connectivity index (χ3n) is 2.54. The van der Waals surface area contributed by atoms with Crippen LogP contribution in [0.4, 0.5) is 4.39 Å². The predicted molar refractivity (Wildman–Crippen MR) is 62.1 cm³/mol. The fraction of sp³-hybridized carbons (Fsp3) is 0.231. The SMILES string of the molecule is Cc1occc1C(Cl)Cc1cccc(F)c1. The second-order valence-electron chi connectivity index (χ2n) is 3.73. The summed E-state index contributed by atoms with van der Waals surface area (Å²) >= 11 is 6.26. The number of alkyl halides is 1. The van der Waals surface area contributed by atoms with Gasteiger partial charge >= 0.3 is 0 Å². The van der Waals surface area contributed by atoms with Gasteiger partial charge < -0.3 is 4.42 Å². The van der Waals surface area contributed by atoms with Gasteiger partial charge in [-0.05, 0) is 37.1 Å². The summed E-state index contributed by atoms with van der Waals surface area (Å²) in [6, 6.07) is 8.34. The fourth-order valence-electron chi connectivity index (χ4n) is 1.70. The highest BCUT2D eigenvalue weighted by molar-refractivity contribution is 6.21. The molecule has 0 aliphatic carbocycles. The van der Waals surface area contributed by atoms with Crippen molar-refractivity contribution in [1.82, 2.24) is 0 Å². The highest BCUT2D eigenvalue weighted by Crippen LogP contribution is 2.28. The molecule has 0 aliphatic heterocycles. The number of benzene rings is 1. The standard InChI is InChI=1S/C13H12ClFO/c1-9-12(5-6-16-9)13(14)8-10-3-2-4-11(15)7-10/h2-7,13H,8H2,1H3. The second kappa shape index (κ2) is 4.71. The van der Waals surface area contributed by atoms with Crippen LogP contribution in [-0.2, 0) is 6.42 Å². The van der Waals surface area contributed by atoms with Crippen LogP contribution in [0, 0.1) is 12.7 Å². The molecule has 1 heterocycles. The van der Waals surface area contributed by atoms with Crippen molar-refractivity contribution in [2.45, 2.75) is 18.7 Å². The van der Waals surface area contributed by atoms with E-state index in [2.05, 4.69) is 0 Å². The zero-order valence-electron chi connectivity index (χ0n) is 8.91. The first kappa shape index (κ1) is 11.2. The first-order valence-corrected chi connectivity index (χ1v) is 5.53. The molecule has 0 saturated heterocycles. The Kier molecular flexibility index (Phi) is 3.30. The number of furan rings is 1. The Morgan fingerprint density at radius 1 is 1.38 bits per heavy atom. The monoisotopic (exact) mass is 238 g/mol. The van der Waals surface area contributed by atoms with Crippen LogP contribution < -0.4 is 0 Å². The molecule has 0 spiro atoms. The minimum atomic E-state index is -0.231. The smallest absolute Gasteiger partial charge is 0.123 e. The van der Waals surface area contributed by atoms with Crippen molar-refractivity contribution in [2.75, 3.05) is 0 Å². The normalized spacial score (nSPS) is 12.7. The molecule has 0 fully saturated rings. The Labute approximate surface area is 98.8 Å². The molecule has 1 atom stereocenters. The largest absolute Gasteiger partial charge is 0.469 e. The van der Waals surface area contributed by atoms with Crippen LogP contribution in [-0.4, -0.2) is 0 Å². The first-order valence-electron chi connectivity index (χ1n) is 5.09. The van der Waals surface area contributed by atoms with Gasteiger partial charge in [0.25, 0.3) is 0 Å². The van der Waals surface area contributed by atoms with E-state index in [0.717, 1.165) is 16.9 Å². The molecule has 16 heavy (non-hydrogen) atoms. The average Bonchev–Trinajstić information content (AvgIpc) is 2.64. The lowest BCUT2D eigenvalue weighted by Gasteiger charge is -2.08. The van der Waals surface area contributed by atoms with E-state index in [0.29, 0.717) is 6.42 Å². The van der Waals surface area contributed by atoms with E-state index in [4.69, 9.17) is 16.0 Å². The molecule has 0 aliphatic rings. The van der Waals surface area contributed by atoms with Gasteiger partial charge in [0.15, 0.2) is 0 Å². The summed E-state index contributed by atoms with van der Waals surface area (Å²) in [6.45, 7) is 1.87. The number of aryl methyl sites for hydroxylation is 1. The van der Waals surface area contributed by atoms with Gasteiger partial charge in [-0.1, -0.05) is 12.1 Å². The van der Waals surface area contributed by atoms with Crippen molar-refractivity contribution in [3.63, 3.8) is 0 Å². The highest BCUT2D eigenvalue weighted by Gasteiger charge is 2.13. The highest BCUT2D eigenvalue weighted by atomic mass is 35.5. The molecule has 1 nitrogen and oxygen atoms in total. The summed E-state index contributed by atoms with van der Waals surface area (Å²) in [5.41, 5.74) is 1.85. The molecular formula is C13H12ClFO. The van der Waals surface area contributed by atoms with E-state index < -0.39 is 0 Å². The molecule has 0 N–H and O–H groups in total. The molecule has 0 amide bonds. The van der Waals surface area contributed by atoms with Crippen LogP contribution in [0.25, 0.3) is 0 Å². The maximum Gasteiger partial charge on any atom is 0.123 e.